The lowest BCUT2D eigenvalue weighted by atomic mass is 10.0. The van der Waals surface area contributed by atoms with Crippen LogP contribution >= 0.6 is 11.3 Å². The molecule has 13 nitrogen and oxygen atoms in total. The molecule has 266 valence electrons. The Bertz CT molecular complexity index is 1700. The van der Waals surface area contributed by atoms with Crippen molar-refractivity contribution in [2.24, 2.45) is 5.92 Å². The first-order valence-corrected chi connectivity index (χ1v) is 18.6. The minimum Gasteiger partial charge on any atom is -0.490 e. The lowest BCUT2D eigenvalue weighted by molar-refractivity contribution is -0.0115. The number of amides is 3. The van der Waals surface area contributed by atoms with Crippen molar-refractivity contribution < 1.29 is 42.1 Å². The van der Waals surface area contributed by atoms with Gasteiger partial charge in [-0.3, -0.25) is 9.52 Å². The van der Waals surface area contributed by atoms with E-state index in [4.69, 9.17) is 18.9 Å². The number of hydrogen-bond donors (Lipinski definition) is 3. The molecule has 0 saturated heterocycles. The number of hydrogen-bond acceptors (Lipinski definition) is 10. The van der Waals surface area contributed by atoms with Gasteiger partial charge < -0.3 is 39.2 Å². The van der Waals surface area contributed by atoms with Crippen molar-refractivity contribution >= 4 is 44.7 Å². The van der Waals surface area contributed by atoms with Gasteiger partial charge in [-0.2, -0.15) is 0 Å². The van der Waals surface area contributed by atoms with Gasteiger partial charge in [0.2, 0.25) is 6.79 Å². The molecule has 15 heteroatoms. The maximum atomic E-state index is 14.4. The summed E-state index contributed by atoms with van der Waals surface area (Å²) < 4.78 is 52.1. The standard InChI is InChI=1S/C34H44N4O9S2/c1-22-18-38(23(2)20-39)33(40)27-16-26(36-49(42,43)32-9-7-15-48-32)11-12-28(27)47-24(3)8-5-6-14-44-31(22)19-37(4)34(41)35-25-10-13-29-30(17-25)46-21-45-29/h7,9-13,15-17,22-24,31,36,39H,5-6,8,14,18-21H2,1-4H3,(H,35,41)/t22-,23+,24+,31+/m0/s1. The normalized spacial score (nSPS) is 20.8. The molecule has 3 aromatic rings. The van der Waals surface area contributed by atoms with E-state index in [1.165, 1.54) is 17.0 Å². The first-order chi connectivity index (χ1) is 23.4. The fraction of sp³-hybridized carbons (Fsp3) is 0.471. The van der Waals surface area contributed by atoms with Crippen LogP contribution in [0.2, 0.25) is 0 Å². The second-order valence-electron chi connectivity index (χ2n) is 12.4. The molecule has 0 spiro atoms. The highest BCUT2D eigenvalue weighted by atomic mass is 32.2. The van der Waals surface area contributed by atoms with Gasteiger partial charge in [-0.05, 0) is 74.9 Å². The van der Waals surface area contributed by atoms with E-state index >= 15 is 0 Å². The number of rotatable bonds is 8. The maximum absolute atomic E-state index is 14.4. The van der Waals surface area contributed by atoms with Crippen molar-refractivity contribution in [3.8, 4) is 17.2 Å². The van der Waals surface area contributed by atoms with Crippen molar-refractivity contribution in [3.05, 3.63) is 59.5 Å². The van der Waals surface area contributed by atoms with Gasteiger partial charge in [-0.15, -0.1) is 11.3 Å². The fourth-order valence-electron chi connectivity index (χ4n) is 5.62. The van der Waals surface area contributed by atoms with Crippen LogP contribution in [0.25, 0.3) is 0 Å². The van der Waals surface area contributed by atoms with Crippen LogP contribution in [0.1, 0.15) is 50.4 Å². The summed E-state index contributed by atoms with van der Waals surface area (Å²) >= 11 is 1.09. The van der Waals surface area contributed by atoms with Gasteiger partial charge in [0.1, 0.15) is 9.96 Å². The SMILES string of the molecule is C[C@@H]1CCCCO[C@H](CN(C)C(=O)Nc2ccc3c(c2)OCO3)[C@@H](C)CN([C@H](C)CO)C(=O)c2cc(NS(=O)(=O)c3cccs3)ccc2O1. The third kappa shape index (κ3) is 9.15. The Kier molecular flexibility index (Phi) is 11.9. The van der Waals surface area contributed by atoms with E-state index in [0.29, 0.717) is 36.0 Å². The third-order valence-corrected chi connectivity index (χ3v) is 11.3. The second-order valence-corrected chi connectivity index (χ2v) is 15.3. The lowest BCUT2D eigenvalue weighted by Gasteiger charge is -2.35. The molecule has 1 aromatic heterocycles. The molecule has 2 aliphatic rings. The molecular formula is C34H44N4O9S2. The van der Waals surface area contributed by atoms with Crippen LogP contribution in [0, 0.1) is 5.92 Å². The number of anilines is 2. The minimum atomic E-state index is -3.87. The lowest BCUT2D eigenvalue weighted by Crippen LogP contribution is -2.48. The number of aliphatic hydroxyl groups excluding tert-OH is 1. The average Bonchev–Trinajstić information content (AvgIpc) is 3.79. The molecule has 3 heterocycles. The molecule has 3 N–H and O–H groups in total. The number of benzene rings is 2. The molecule has 0 bridgehead atoms. The highest BCUT2D eigenvalue weighted by Gasteiger charge is 2.31. The summed E-state index contributed by atoms with van der Waals surface area (Å²) in [6.45, 7) is 6.29. The van der Waals surface area contributed by atoms with Crippen LogP contribution in [0.5, 0.6) is 17.2 Å². The summed E-state index contributed by atoms with van der Waals surface area (Å²) in [7, 11) is -2.19. The quantitative estimate of drug-likeness (QED) is 0.284. The fourth-order valence-corrected chi connectivity index (χ4v) is 7.66. The summed E-state index contributed by atoms with van der Waals surface area (Å²) in [4.78, 5) is 30.7. The summed E-state index contributed by atoms with van der Waals surface area (Å²) in [5, 5.41) is 14.8. The van der Waals surface area contributed by atoms with Crippen LogP contribution in [-0.4, -0.2) is 93.7 Å². The Balaban J connectivity index is 1.38. The number of carbonyl (C=O) groups is 2. The molecule has 2 aliphatic heterocycles. The van der Waals surface area contributed by atoms with E-state index < -0.39 is 28.1 Å². The van der Waals surface area contributed by atoms with Gasteiger partial charge in [-0.1, -0.05) is 13.0 Å². The number of fused-ring (bicyclic) bond motifs is 2. The topological polar surface area (TPSA) is 156 Å². The Morgan fingerprint density at radius 2 is 1.84 bits per heavy atom. The predicted molar refractivity (Wildman–Crippen MR) is 186 cm³/mol. The number of nitrogens with zero attached hydrogens (tertiary/aromatic N) is 2. The van der Waals surface area contributed by atoms with Crippen molar-refractivity contribution in [3.63, 3.8) is 0 Å². The Labute approximate surface area is 291 Å². The molecule has 0 unspecified atom stereocenters. The van der Waals surface area contributed by atoms with E-state index in [9.17, 15) is 23.1 Å². The van der Waals surface area contributed by atoms with Crippen molar-refractivity contribution in [2.75, 3.05) is 50.2 Å². The molecule has 5 rings (SSSR count). The molecule has 0 fully saturated rings. The number of thiophene rings is 1. The van der Waals surface area contributed by atoms with Crippen LogP contribution in [0.15, 0.2) is 58.1 Å². The van der Waals surface area contributed by atoms with Crippen molar-refractivity contribution in [1.29, 1.82) is 0 Å². The molecular weight excluding hydrogens is 673 g/mol. The average molecular weight is 717 g/mol. The van der Waals surface area contributed by atoms with Gasteiger partial charge in [0.15, 0.2) is 11.5 Å². The number of nitrogens with one attached hydrogen (secondary N) is 2. The zero-order valence-corrected chi connectivity index (χ0v) is 29.7. The van der Waals surface area contributed by atoms with E-state index in [1.807, 2.05) is 13.8 Å². The summed E-state index contributed by atoms with van der Waals surface area (Å²) in [6, 6.07) is 12.1. The van der Waals surface area contributed by atoms with Gasteiger partial charge in [-0.25, -0.2) is 13.2 Å². The Hall–Kier alpha value is -4.05. The molecule has 0 saturated carbocycles. The van der Waals surface area contributed by atoms with Gasteiger partial charge >= 0.3 is 6.03 Å². The molecule has 4 atom stereocenters. The predicted octanol–water partition coefficient (Wildman–Crippen LogP) is 5.24. The monoisotopic (exact) mass is 716 g/mol. The Morgan fingerprint density at radius 3 is 2.59 bits per heavy atom. The highest BCUT2D eigenvalue weighted by Crippen LogP contribution is 2.34. The van der Waals surface area contributed by atoms with E-state index in [0.717, 1.165) is 24.2 Å². The van der Waals surface area contributed by atoms with Crippen molar-refractivity contribution in [2.45, 2.75) is 62.5 Å². The smallest absolute Gasteiger partial charge is 0.321 e. The summed E-state index contributed by atoms with van der Waals surface area (Å²) in [6.07, 6.45) is 1.56. The molecule has 3 amide bonds. The highest BCUT2D eigenvalue weighted by molar-refractivity contribution is 7.94. The number of sulfonamides is 1. The summed E-state index contributed by atoms with van der Waals surface area (Å²) in [5.41, 5.74) is 0.931. The number of urea groups is 1. The maximum Gasteiger partial charge on any atom is 0.321 e. The zero-order chi connectivity index (χ0) is 35.1. The van der Waals surface area contributed by atoms with Gasteiger partial charge in [0.05, 0.1) is 30.4 Å². The molecule has 0 radical (unpaired) electrons. The number of ether oxygens (including phenoxy) is 4. The van der Waals surface area contributed by atoms with Crippen LogP contribution in [-0.2, 0) is 14.8 Å². The number of likely N-dealkylation sites (N-methyl/N-ethyl adjacent to an activating group) is 1. The largest absolute Gasteiger partial charge is 0.490 e. The third-order valence-electron chi connectivity index (χ3n) is 8.49. The Morgan fingerprint density at radius 1 is 1.08 bits per heavy atom. The molecule has 49 heavy (non-hydrogen) atoms. The van der Waals surface area contributed by atoms with Crippen LogP contribution in [0.3, 0.4) is 0 Å². The zero-order valence-electron chi connectivity index (χ0n) is 28.1. The van der Waals surface area contributed by atoms with Crippen LogP contribution < -0.4 is 24.2 Å². The van der Waals surface area contributed by atoms with Crippen molar-refractivity contribution in [1.82, 2.24) is 9.80 Å². The van der Waals surface area contributed by atoms with Crippen LogP contribution in [0.4, 0.5) is 16.2 Å². The molecule has 2 aromatic carbocycles. The second kappa shape index (κ2) is 16.1. The van der Waals surface area contributed by atoms with Gasteiger partial charge in [0.25, 0.3) is 15.9 Å². The number of aliphatic hydroxyl groups is 1. The number of carbonyl (C=O) groups excluding carboxylic acids is 2. The molecule has 0 aliphatic carbocycles. The first-order valence-electron chi connectivity index (χ1n) is 16.3. The summed E-state index contributed by atoms with van der Waals surface area (Å²) in [5.74, 6) is 0.788. The first kappa shape index (κ1) is 36.2. The van der Waals surface area contributed by atoms with Gasteiger partial charge in [0, 0.05) is 50.1 Å². The van der Waals surface area contributed by atoms with E-state index in [2.05, 4.69) is 10.0 Å². The van der Waals surface area contributed by atoms with E-state index in [1.54, 1.807) is 60.6 Å². The van der Waals surface area contributed by atoms with E-state index in [-0.39, 0.29) is 60.0 Å². The minimum absolute atomic E-state index is 0.130.